The Morgan fingerprint density at radius 1 is 0.833 bits per heavy atom. The summed E-state index contributed by atoms with van der Waals surface area (Å²) in [7, 11) is 0. The van der Waals surface area contributed by atoms with Gasteiger partial charge in [-0.2, -0.15) is 0 Å². The number of hydrogen-bond acceptors (Lipinski definition) is 0. The van der Waals surface area contributed by atoms with E-state index < -0.39 is 0 Å². The fraction of sp³-hybridized carbons (Fsp3) is 1.00. The molecule has 1 aliphatic rings. The highest BCUT2D eigenvalue weighted by atomic mass is 14.4. The zero-order chi connectivity index (χ0) is 14.0. The molecule has 0 nitrogen and oxygen atoms in total. The second-order valence-corrected chi connectivity index (χ2v) is 9.33. The lowest BCUT2D eigenvalue weighted by Crippen LogP contribution is -2.35. The van der Waals surface area contributed by atoms with E-state index in [2.05, 4.69) is 48.5 Å². The summed E-state index contributed by atoms with van der Waals surface area (Å²) in [4.78, 5) is 0. The highest BCUT2D eigenvalue weighted by molar-refractivity contribution is 4.91. The van der Waals surface area contributed by atoms with Crippen molar-refractivity contribution in [3.8, 4) is 0 Å². The van der Waals surface area contributed by atoms with Gasteiger partial charge in [0.2, 0.25) is 0 Å². The summed E-state index contributed by atoms with van der Waals surface area (Å²) >= 11 is 0. The second kappa shape index (κ2) is 5.55. The molecular formula is C18H36. The zero-order valence-corrected chi connectivity index (χ0v) is 14.0. The number of hydrogen-bond donors (Lipinski definition) is 0. The average molecular weight is 252 g/mol. The Hall–Kier alpha value is 0. The van der Waals surface area contributed by atoms with E-state index in [4.69, 9.17) is 0 Å². The molecule has 0 heterocycles. The molecule has 0 saturated heterocycles. The maximum absolute atomic E-state index is 2.42. The van der Waals surface area contributed by atoms with Crippen LogP contribution in [-0.4, -0.2) is 0 Å². The van der Waals surface area contributed by atoms with Gasteiger partial charge in [-0.15, -0.1) is 0 Å². The molecule has 0 N–H and O–H groups in total. The summed E-state index contributed by atoms with van der Waals surface area (Å²) in [5, 5.41) is 0. The smallest absolute Gasteiger partial charge is 0.0287 e. The van der Waals surface area contributed by atoms with Gasteiger partial charge in [-0.25, -0.2) is 0 Å². The minimum atomic E-state index is 0.476. The Labute approximate surface area is 116 Å². The fourth-order valence-electron chi connectivity index (χ4n) is 4.36. The maximum atomic E-state index is 2.42. The van der Waals surface area contributed by atoms with Crippen LogP contribution in [0.1, 0.15) is 93.4 Å². The van der Waals surface area contributed by atoms with Crippen LogP contribution in [0.2, 0.25) is 0 Å². The van der Waals surface area contributed by atoms with Crippen LogP contribution in [0, 0.1) is 22.2 Å². The van der Waals surface area contributed by atoms with Gasteiger partial charge in [0.05, 0.1) is 0 Å². The summed E-state index contributed by atoms with van der Waals surface area (Å²) in [6, 6.07) is 0. The second-order valence-electron chi connectivity index (χ2n) is 9.33. The summed E-state index contributed by atoms with van der Waals surface area (Å²) in [5.41, 5.74) is 1.58. The third kappa shape index (κ3) is 5.33. The quantitative estimate of drug-likeness (QED) is 0.542. The minimum Gasteiger partial charge on any atom is -0.0651 e. The lowest BCUT2D eigenvalue weighted by atomic mass is 9.58. The Balaban J connectivity index is 2.77. The Morgan fingerprint density at radius 2 is 1.22 bits per heavy atom. The lowest BCUT2D eigenvalue weighted by molar-refractivity contribution is 0.0452. The molecule has 0 amide bonds. The predicted molar refractivity (Wildman–Crippen MR) is 82.8 cm³/mol. The monoisotopic (exact) mass is 252 g/mol. The maximum Gasteiger partial charge on any atom is -0.0287 e. The third-order valence-corrected chi connectivity index (χ3v) is 4.55. The largest absolute Gasteiger partial charge is 0.0651 e. The molecule has 1 fully saturated rings. The van der Waals surface area contributed by atoms with E-state index in [1.54, 1.807) is 0 Å². The van der Waals surface area contributed by atoms with Gasteiger partial charge in [0.1, 0.15) is 0 Å². The van der Waals surface area contributed by atoms with Crippen molar-refractivity contribution in [2.45, 2.75) is 93.4 Å². The summed E-state index contributed by atoms with van der Waals surface area (Å²) in [6.07, 6.45) is 10.1. The molecule has 0 aromatic heterocycles. The minimum absolute atomic E-state index is 0.476. The molecule has 1 saturated carbocycles. The SMILES string of the molecule is CCC1CCC(CC(C)(C)C)(CC(C)(C)C)CC1. The molecule has 0 heteroatoms. The molecule has 1 aliphatic carbocycles. The molecule has 108 valence electrons. The van der Waals surface area contributed by atoms with Crippen molar-refractivity contribution >= 4 is 0 Å². The lowest BCUT2D eigenvalue weighted by Gasteiger charge is -2.47. The van der Waals surface area contributed by atoms with Crippen LogP contribution in [-0.2, 0) is 0 Å². The first-order chi connectivity index (χ1) is 8.05. The average Bonchev–Trinajstić information content (AvgIpc) is 2.13. The van der Waals surface area contributed by atoms with Crippen LogP contribution in [0.15, 0.2) is 0 Å². The van der Waals surface area contributed by atoms with Crippen molar-refractivity contribution < 1.29 is 0 Å². The van der Waals surface area contributed by atoms with Crippen molar-refractivity contribution in [3.05, 3.63) is 0 Å². The Morgan fingerprint density at radius 3 is 1.50 bits per heavy atom. The van der Waals surface area contributed by atoms with Crippen LogP contribution >= 0.6 is 0 Å². The normalized spacial score (nSPS) is 22.2. The number of rotatable bonds is 3. The molecule has 0 atom stereocenters. The van der Waals surface area contributed by atoms with Gasteiger partial charge in [-0.3, -0.25) is 0 Å². The Kier molecular flexibility index (Phi) is 4.95. The van der Waals surface area contributed by atoms with E-state index in [0.717, 1.165) is 5.92 Å². The molecule has 0 bridgehead atoms. The third-order valence-electron chi connectivity index (χ3n) is 4.55. The molecular weight excluding hydrogens is 216 g/mol. The predicted octanol–water partition coefficient (Wildman–Crippen LogP) is 6.45. The summed E-state index contributed by atoms with van der Waals surface area (Å²) < 4.78 is 0. The van der Waals surface area contributed by atoms with Crippen molar-refractivity contribution in [1.29, 1.82) is 0 Å². The van der Waals surface area contributed by atoms with Crippen molar-refractivity contribution in [2.24, 2.45) is 22.2 Å². The van der Waals surface area contributed by atoms with Crippen molar-refractivity contribution in [1.82, 2.24) is 0 Å². The molecule has 1 rings (SSSR count). The molecule has 0 aliphatic heterocycles. The van der Waals surface area contributed by atoms with E-state index in [1.807, 2.05) is 0 Å². The van der Waals surface area contributed by atoms with E-state index in [0.29, 0.717) is 16.2 Å². The van der Waals surface area contributed by atoms with Gasteiger partial charge >= 0.3 is 0 Å². The molecule has 0 aromatic carbocycles. The molecule has 0 radical (unpaired) electrons. The van der Waals surface area contributed by atoms with Crippen LogP contribution in [0.25, 0.3) is 0 Å². The van der Waals surface area contributed by atoms with E-state index in [9.17, 15) is 0 Å². The molecule has 0 spiro atoms. The van der Waals surface area contributed by atoms with Crippen LogP contribution in [0.5, 0.6) is 0 Å². The van der Waals surface area contributed by atoms with Crippen molar-refractivity contribution in [3.63, 3.8) is 0 Å². The summed E-state index contributed by atoms with van der Waals surface area (Å²) in [6.45, 7) is 16.9. The fourth-order valence-corrected chi connectivity index (χ4v) is 4.36. The first-order valence-corrected chi connectivity index (χ1v) is 8.05. The molecule has 0 unspecified atom stereocenters. The highest BCUT2D eigenvalue weighted by Gasteiger charge is 2.40. The molecule has 18 heavy (non-hydrogen) atoms. The van der Waals surface area contributed by atoms with E-state index in [-0.39, 0.29) is 0 Å². The van der Waals surface area contributed by atoms with Gasteiger partial charge < -0.3 is 0 Å². The Bertz CT molecular complexity index is 222. The van der Waals surface area contributed by atoms with Gasteiger partial charge in [-0.05, 0) is 60.7 Å². The first-order valence-electron chi connectivity index (χ1n) is 8.05. The first kappa shape index (κ1) is 16.1. The van der Waals surface area contributed by atoms with Crippen LogP contribution in [0.3, 0.4) is 0 Å². The van der Waals surface area contributed by atoms with Gasteiger partial charge in [0, 0.05) is 0 Å². The highest BCUT2D eigenvalue weighted by Crippen LogP contribution is 2.52. The molecule has 0 aromatic rings. The zero-order valence-electron chi connectivity index (χ0n) is 14.0. The van der Waals surface area contributed by atoms with E-state index in [1.165, 1.54) is 44.9 Å². The van der Waals surface area contributed by atoms with Gasteiger partial charge in [-0.1, -0.05) is 54.9 Å². The summed E-state index contributed by atoms with van der Waals surface area (Å²) in [5.74, 6) is 1.01. The van der Waals surface area contributed by atoms with Gasteiger partial charge in [0.15, 0.2) is 0 Å². The standard InChI is InChI=1S/C18H36/c1-8-15-9-11-18(12-10-15,13-16(2,3)4)14-17(5,6)7/h15H,8-14H2,1-7H3. The van der Waals surface area contributed by atoms with Crippen LogP contribution in [0.4, 0.5) is 0 Å². The van der Waals surface area contributed by atoms with Gasteiger partial charge in [0.25, 0.3) is 0 Å². The topological polar surface area (TPSA) is 0 Å². The van der Waals surface area contributed by atoms with Crippen LogP contribution < -0.4 is 0 Å². The van der Waals surface area contributed by atoms with E-state index >= 15 is 0 Å². The van der Waals surface area contributed by atoms with Crippen molar-refractivity contribution in [2.75, 3.05) is 0 Å².